The third kappa shape index (κ3) is 26.5. The minimum atomic E-state index is -2.36. The number of aliphatic hydroxyl groups excluding tert-OH is 9. The van der Waals surface area contributed by atoms with Gasteiger partial charge in [-0.25, -0.2) is 0 Å². The molecular weight excluding hydrogens is 1900 g/mol. The van der Waals surface area contributed by atoms with Crippen LogP contribution >= 0.6 is 15.9 Å². The number of Topliss-reactive ketones (excluding diaryl/α,β-unsaturated/α-hetero) is 3. The molecule has 47 nitrogen and oxygen atoms in total. The molecular formula is C90H159BrN8O39. The largest absolute Gasteiger partial charge is 0.481 e. The van der Waals surface area contributed by atoms with Crippen molar-refractivity contribution in [1.29, 1.82) is 0 Å². The summed E-state index contributed by atoms with van der Waals surface area (Å²) in [5.74, 6) is -14.8. The highest BCUT2D eigenvalue weighted by molar-refractivity contribution is 9.09. The number of hydrogen-bond acceptors (Lipinski definition) is 44. The molecule has 48 heteroatoms. The van der Waals surface area contributed by atoms with E-state index in [1.165, 1.54) is 14.0 Å². The average molecular weight is 2060 g/mol. The van der Waals surface area contributed by atoms with Crippen LogP contribution in [0.5, 0.6) is 0 Å². The number of carbonyl (C=O) groups is 7. The Bertz CT molecular complexity index is 3930. The Morgan fingerprint density at radius 3 is 1.40 bits per heavy atom. The Hall–Kier alpha value is -4.07. The summed E-state index contributed by atoms with van der Waals surface area (Å²) in [6.45, 7) is 25.6. The summed E-state index contributed by atoms with van der Waals surface area (Å²) in [7, 11) is 11.2. The van der Waals surface area contributed by atoms with Gasteiger partial charge in [0.1, 0.15) is 78.8 Å². The standard InChI is InChI=1S/C38H72N2O12.C18H30N2O9.C17H28N2O9.C14H24N2O7.C3H5BrO2/c1-13-26-38(11,46)31(42)22(5)28(40-15-14-39)20(3)17-36(9,45)33(52-35-29(41)19(2)16-21(4)48-35)23(6)30(24(7)34(44)50-26)51-27-18-37(10,47-12)32(43)25(8)49-27;1-8-7-9(21)18(26)17(27-8)28-16-14(25)12(20(3)6-4-5-10(22)23)13(24)11(19-2)15(16)29-18;1-7-6-8(20)17(25)16(26-7)27-15-13(24)10(18-2)12(23)11(14(15)28-17)19(3)5-4-9(21)22;1-5-4-6(17)14(20)13(21-5)22-12-10(19)7(15-2)9(18)8(16-3)11(12)23-14;4-2-1-3(5)6/h19-33,35,40-43,45-46H,13-18,39H2,1-12H3;8,11-17,19,24-26H,4-7H2,1-3H3,(H,22,23);7,10-16,18,23-25H,4-6H2,1-3H3,(H,21,22);5,7-13,15-16,18-20H,4H2,1-3H3;1-2H2,(H,5,6)/t19?,20-,21?,22+,23?,24-,25?,26-,27?,28+,29?,30+,31-,32?,33-,35?,36-,37?,38-;8-,11+,12-,13-,14+,15-,16-,17+,18+;7-,10-,11+,12+,13+,14-,15-,16+,17+;5-,7-,8+,9+,10+,11-,12-,13+,14+;/m1111./s1. The van der Waals surface area contributed by atoms with Crippen molar-refractivity contribution in [3.8, 4) is 0 Å². The van der Waals surface area contributed by atoms with Gasteiger partial charge in [-0.3, -0.25) is 43.4 Å². The molecule has 46 atom stereocenters. The third-order valence-electron chi connectivity index (χ3n) is 29.2. The van der Waals surface area contributed by atoms with E-state index in [1.807, 2.05) is 34.6 Å². The summed E-state index contributed by atoms with van der Waals surface area (Å²) in [5, 5.41) is 196. The van der Waals surface area contributed by atoms with Gasteiger partial charge in [-0.1, -0.05) is 50.5 Å². The molecule has 0 aromatic carbocycles. The number of nitrogens with zero attached hydrogens (tertiary/aromatic N) is 2. The minimum absolute atomic E-state index is 0.00220. The molecule has 3 aliphatic carbocycles. The van der Waals surface area contributed by atoms with E-state index < -0.39 is 301 Å². The number of ketones is 3. The second-order valence-electron chi connectivity index (χ2n) is 39.9. The van der Waals surface area contributed by atoms with Crippen LogP contribution in [0.4, 0.5) is 0 Å². The van der Waals surface area contributed by atoms with Gasteiger partial charge < -0.3 is 190 Å². The maximum absolute atomic E-state index is 14.2. The number of rotatable bonds is 24. The second-order valence-corrected chi connectivity index (χ2v) is 40.7. The van der Waals surface area contributed by atoms with Crippen molar-refractivity contribution in [2.75, 3.05) is 80.9 Å². The van der Waals surface area contributed by atoms with Gasteiger partial charge in [0.05, 0.1) is 133 Å². The summed E-state index contributed by atoms with van der Waals surface area (Å²) in [5.41, 5.74) is 1.40. The molecule has 0 spiro atoms. The molecule has 0 bridgehead atoms. The number of esters is 1. The van der Waals surface area contributed by atoms with E-state index in [4.69, 9.17) is 92.1 Å². The molecule has 138 heavy (non-hydrogen) atoms. The van der Waals surface area contributed by atoms with Gasteiger partial charge in [0, 0.05) is 82.1 Å². The van der Waals surface area contributed by atoms with Crippen molar-refractivity contribution in [2.24, 2.45) is 35.3 Å². The first-order valence-corrected chi connectivity index (χ1v) is 48.9. The van der Waals surface area contributed by atoms with Gasteiger partial charge in [0.25, 0.3) is 17.4 Å². The first-order valence-electron chi connectivity index (χ1n) is 47.8. The van der Waals surface area contributed by atoms with Crippen molar-refractivity contribution in [2.45, 2.75) is 416 Å². The van der Waals surface area contributed by atoms with Gasteiger partial charge in [0.15, 0.2) is 29.9 Å². The number of carboxylic acids is 3. The number of methoxy groups -OCH3 is 1. The van der Waals surface area contributed by atoms with Crippen LogP contribution in [0, 0.1) is 29.6 Å². The summed E-state index contributed by atoms with van der Waals surface area (Å²) >= 11 is 2.97. The van der Waals surface area contributed by atoms with Gasteiger partial charge >= 0.3 is 23.9 Å². The summed E-state index contributed by atoms with van der Waals surface area (Å²) in [6, 6.07) is -4.92. The second kappa shape index (κ2) is 50.1. The predicted octanol–water partition coefficient (Wildman–Crippen LogP) is -5.32. The monoisotopic (exact) mass is 2050 g/mol. The van der Waals surface area contributed by atoms with Crippen LogP contribution in [0.25, 0.3) is 0 Å². The van der Waals surface area contributed by atoms with Crippen LogP contribution in [0.1, 0.15) is 168 Å². The number of ether oxygens (including phenoxy) is 15. The maximum atomic E-state index is 14.2. The summed E-state index contributed by atoms with van der Waals surface area (Å²) in [6.07, 6.45) is -26.2. The van der Waals surface area contributed by atoms with E-state index in [-0.39, 0.29) is 82.3 Å². The van der Waals surface area contributed by atoms with Gasteiger partial charge in [-0.2, -0.15) is 0 Å². The summed E-state index contributed by atoms with van der Waals surface area (Å²) in [4.78, 5) is 85.8. The minimum Gasteiger partial charge on any atom is -0.481 e. The van der Waals surface area contributed by atoms with Crippen molar-refractivity contribution < 1.29 is 191 Å². The number of aliphatic hydroxyl groups is 14. The number of cyclic esters (lactones) is 1. The lowest BCUT2D eigenvalue weighted by Gasteiger charge is -2.56. The van der Waals surface area contributed by atoms with Gasteiger partial charge in [-0.05, 0) is 149 Å². The number of halogens is 1. The normalized spacial score (nSPS) is 47.1. The Morgan fingerprint density at radius 2 is 0.949 bits per heavy atom. The first-order chi connectivity index (χ1) is 64.3. The number of hydrogen-bond donors (Lipinski definition) is 23. The number of aliphatic carboxylic acids is 3. The summed E-state index contributed by atoms with van der Waals surface area (Å²) < 4.78 is 88.3. The van der Waals surface area contributed by atoms with E-state index in [2.05, 4.69) is 42.5 Å². The van der Waals surface area contributed by atoms with Crippen LogP contribution in [0.15, 0.2) is 0 Å². The van der Waals surface area contributed by atoms with Gasteiger partial charge in [0.2, 0.25) is 18.9 Å². The van der Waals surface area contributed by atoms with Crippen LogP contribution in [-0.4, -0.2) is 467 Å². The molecule has 12 aliphatic rings. The van der Waals surface area contributed by atoms with Crippen LogP contribution in [-0.2, 0) is 105 Å². The van der Waals surface area contributed by atoms with Crippen LogP contribution < -0.4 is 32.3 Å². The topological polar surface area (TPSA) is 695 Å². The SMILES string of the molecule is CC[C@H]1OC(=O)[C@H](C)[C@@H](OC2CC(C)(OC)C(O)C(C)O2)C(C)[C@@H](OC2OC(C)CC(C)C2O)[C@](C)(O)C[C@@H](C)[C@H](NCCN)[C@H](C)[C@@H](O)[C@]1(C)O.CN[C@@H]1[C@H](O)[C@H](NC)[C@H]2O[C@@]3(O)C(=O)C[C@@H](C)O[C@H]3O[C@@H]2[C@H]1O.CN[C@H]1[C@@H](O)[C@@H](N(C)CCCC(=O)O)[C@H](O)[C@H]2O[C@@H]3O[C@H](C)CC(=O)[C@]3(O)O[C@H]12.CN[C@H]1[C@H](O)[C@H]2O[C@@H]3O[C@H](C)CC(=O)[C@]3(O)O[C@@H]2[C@@H](N(C)CCC(=O)O)[C@H]1O.O=C(O)CCBr. The molecule has 3 saturated carbocycles. The zero-order chi connectivity index (χ0) is 104. The average Bonchev–Trinajstić information content (AvgIpc) is 0.736. The van der Waals surface area contributed by atoms with E-state index in [0.29, 0.717) is 37.8 Å². The van der Waals surface area contributed by atoms with Crippen molar-refractivity contribution >= 4 is 57.2 Å². The number of fused-ring (bicyclic) bond motifs is 6. The first kappa shape index (κ1) is 119. The maximum Gasteiger partial charge on any atom is 0.311 e. The molecule has 0 aromatic rings. The number of nitrogens with one attached hydrogen (secondary N) is 5. The molecule has 0 amide bonds. The number of carbonyl (C=O) groups excluding carboxylic acids is 4. The molecule has 24 N–H and O–H groups in total. The van der Waals surface area contributed by atoms with Crippen molar-refractivity contribution in [3.05, 3.63) is 0 Å². The van der Waals surface area contributed by atoms with E-state index >= 15 is 0 Å². The Kier molecular flexibility index (Phi) is 43.2. The molecule has 9 saturated heterocycles. The zero-order valence-electron chi connectivity index (χ0n) is 82.8. The molecule has 9 heterocycles. The lowest BCUT2D eigenvalue weighted by atomic mass is 9.72. The molecule has 9 unspecified atom stereocenters. The Balaban J connectivity index is 0.000000232. The molecule has 0 radical (unpaired) electrons. The third-order valence-corrected chi connectivity index (χ3v) is 29.6. The highest BCUT2D eigenvalue weighted by Crippen LogP contribution is 2.48. The van der Waals surface area contributed by atoms with E-state index in [0.717, 1.165) is 0 Å². The lowest BCUT2D eigenvalue weighted by molar-refractivity contribution is -0.423. The molecule has 9 aliphatic heterocycles. The molecule has 800 valence electrons. The fraction of sp³-hybridized carbons (Fsp3) is 0.922. The molecule has 0 aromatic heterocycles. The van der Waals surface area contributed by atoms with E-state index in [9.17, 15) is 105 Å². The highest BCUT2D eigenvalue weighted by atomic mass is 79.9. The van der Waals surface area contributed by atoms with Crippen LogP contribution in [0.2, 0.25) is 0 Å². The van der Waals surface area contributed by atoms with Crippen molar-refractivity contribution in [1.82, 2.24) is 36.4 Å². The Labute approximate surface area is 813 Å². The van der Waals surface area contributed by atoms with Crippen molar-refractivity contribution in [3.63, 3.8) is 0 Å². The lowest BCUT2D eigenvalue weighted by Crippen LogP contribution is -2.78. The molecule has 12 fully saturated rings. The molecule has 12 rings (SSSR count). The fourth-order valence-electron chi connectivity index (χ4n) is 21.5. The fourth-order valence-corrected chi connectivity index (χ4v) is 21.8. The quantitative estimate of drug-likeness (QED) is 0.0317. The smallest absolute Gasteiger partial charge is 0.311 e. The number of nitrogens with two attached hydrogens (primary N) is 1. The van der Waals surface area contributed by atoms with E-state index in [1.54, 1.807) is 107 Å². The predicted molar refractivity (Wildman–Crippen MR) is 485 cm³/mol. The zero-order valence-corrected chi connectivity index (χ0v) is 84.4. The number of likely N-dealkylation sites (N-methyl/N-ethyl adjacent to an activating group) is 6. The highest BCUT2D eigenvalue weighted by Gasteiger charge is 2.69. The van der Waals surface area contributed by atoms with Gasteiger partial charge in [-0.15, -0.1) is 0 Å². The number of carboxylic acid groups (broad SMARTS) is 3. The van der Waals surface area contributed by atoms with Crippen LogP contribution in [0.3, 0.4) is 0 Å². The number of alkyl halides is 1. The Morgan fingerprint density at radius 1 is 0.500 bits per heavy atom.